The molecule has 1 aromatic heterocycles. The Morgan fingerprint density at radius 2 is 2.00 bits per heavy atom. The zero-order valence-electron chi connectivity index (χ0n) is 7.90. The van der Waals surface area contributed by atoms with Gasteiger partial charge >= 0.3 is 0 Å². The molecule has 0 fully saturated rings. The van der Waals surface area contributed by atoms with E-state index in [4.69, 9.17) is 0 Å². The van der Waals surface area contributed by atoms with Gasteiger partial charge in [0, 0.05) is 6.54 Å². The van der Waals surface area contributed by atoms with Gasteiger partial charge in [0.15, 0.2) is 0 Å². The molecule has 0 amide bonds. The summed E-state index contributed by atoms with van der Waals surface area (Å²) in [5, 5.41) is 13.0. The minimum absolute atomic E-state index is 0.801. The van der Waals surface area contributed by atoms with Crippen molar-refractivity contribution in [2.45, 2.75) is 13.5 Å². The molecule has 0 bridgehead atoms. The fraction of sp³-hybridized carbons (Fsp3) is 0.200. The van der Waals surface area contributed by atoms with Crippen LogP contribution < -0.4 is 5.32 Å². The highest BCUT2D eigenvalue weighted by molar-refractivity contribution is 7.15. The summed E-state index contributed by atoms with van der Waals surface area (Å²) in [4.78, 5) is 0. The van der Waals surface area contributed by atoms with Gasteiger partial charge in [-0.2, -0.15) is 0 Å². The molecule has 0 saturated carbocycles. The predicted octanol–water partition coefficient (Wildman–Crippen LogP) is 2.46. The highest BCUT2D eigenvalue weighted by Crippen LogP contribution is 2.14. The van der Waals surface area contributed by atoms with E-state index in [1.165, 1.54) is 5.56 Å². The Kier molecular flexibility index (Phi) is 2.74. The van der Waals surface area contributed by atoms with Crippen LogP contribution in [0.15, 0.2) is 30.3 Å². The third kappa shape index (κ3) is 2.29. The van der Waals surface area contributed by atoms with Crippen LogP contribution in [0.25, 0.3) is 0 Å². The molecule has 1 N–H and O–H groups in total. The average Bonchev–Trinajstić information content (AvgIpc) is 2.63. The Bertz CT molecular complexity index is 397. The summed E-state index contributed by atoms with van der Waals surface area (Å²) < 4.78 is 0. The first kappa shape index (κ1) is 9.15. The summed E-state index contributed by atoms with van der Waals surface area (Å²) in [6.45, 7) is 2.75. The molecular weight excluding hydrogens is 194 g/mol. The second-order valence-corrected chi connectivity index (χ2v) is 4.15. The number of rotatable bonds is 3. The van der Waals surface area contributed by atoms with Crippen LogP contribution >= 0.6 is 11.3 Å². The van der Waals surface area contributed by atoms with E-state index in [9.17, 15) is 0 Å². The highest BCUT2D eigenvalue weighted by Gasteiger charge is 1.98. The van der Waals surface area contributed by atoms with E-state index in [1.54, 1.807) is 11.3 Å². The van der Waals surface area contributed by atoms with Crippen molar-refractivity contribution in [1.82, 2.24) is 10.2 Å². The topological polar surface area (TPSA) is 37.8 Å². The average molecular weight is 205 g/mol. The van der Waals surface area contributed by atoms with Gasteiger partial charge in [0.05, 0.1) is 0 Å². The van der Waals surface area contributed by atoms with Gasteiger partial charge in [-0.05, 0) is 12.5 Å². The van der Waals surface area contributed by atoms with Gasteiger partial charge < -0.3 is 5.32 Å². The molecule has 0 unspecified atom stereocenters. The Morgan fingerprint density at radius 3 is 2.64 bits per heavy atom. The molecule has 3 nitrogen and oxygen atoms in total. The van der Waals surface area contributed by atoms with Crippen LogP contribution in [0.2, 0.25) is 0 Å². The predicted molar refractivity (Wildman–Crippen MR) is 58.4 cm³/mol. The van der Waals surface area contributed by atoms with Crippen molar-refractivity contribution in [1.29, 1.82) is 0 Å². The molecule has 1 aromatic carbocycles. The third-order valence-electron chi connectivity index (χ3n) is 1.81. The summed E-state index contributed by atoms with van der Waals surface area (Å²) in [7, 11) is 0. The highest BCUT2D eigenvalue weighted by atomic mass is 32.1. The van der Waals surface area contributed by atoms with Crippen LogP contribution in [0.3, 0.4) is 0 Å². The summed E-state index contributed by atoms with van der Waals surface area (Å²) >= 11 is 1.57. The van der Waals surface area contributed by atoms with E-state index < -0.39 is 0 Å². The van der Waals surface area contributed by atoms with Crippen molar-refractivity contribution in [3.8, 4) is 0 Å². The van der Waals surface area contributed by atoms with Crippen molar-refractivity contribution >= 4 is 16.5 Å². The number of aromatic nitrogens is 2. The molecule has 14 heavy (non-hydrogen) atoms. The third-order valence-corrected chi connectivity index (χ3v) is 2.61. The largest absolute Gasteiger partial charge is 0.356 e. The zero-order chi connectivity index (χ0) is 9.80. The van der Waals surface area contributed by atoms with Crippen molar-refractivity contribution in [2.75, 3.05) is 5.32 Å². The molecule has 4 heteroatoms. The van der Waals surface area contributed by atoms with Crippen molar-refractivity contribution in [2.24, 2.45) is 0 Å². The Hall–Kier alpha value is -1.42. The van der Waals surface area contributed by atoms with E-state index in [0.29, 0.717) is 0 Å². The van der Waals surface area contributed by atoms with E-state index in [-0.39, 0.29) is 0 Å². The standard InChI is InChI=1S/C10H11N3S/c1-8-12-13-10(14-8)11-7-9-5-3-2-4-6-9/h2-6H,7H2,1H3,(H,11,13). The molecule has 1 heterocycles. The molecule has 0 aliphatic carbocycles. The summed E-state index contributed by atoms with van der Waals surface area (Å²) in [5.41, 5.74) is 1.25. The minimum atomic E-state index is 0.801. The minimum Gasteiger partial charge on any atom is -0.356 e. The molecule has 72 valence electrons. The van der Waals surface area contributed by atoms with Gasteiger partial charge in [0.2, 0.25) is 5.13 Å². The molecular formula is C10H11N3S. The van der Waals surface area contributed by atoms with Gasteiger partial charge in [-0.25, -0.2) is 0 Å². The van der Waals surface area contributed by atoms with E-state index in [1.807, 2.05) is 25.1 Å². The quantitative estimate of drug-likeness (QED) is 0.836. The van der Waals surface area contributed by atoms with Crippen LogP contribution in [-0.4, -0.2) is 10.2 Å². The lowest BCUT2D eigenvalue weighted by Crippen LogP contribution is -1.98. The molecule has 0 saturated heterocycles. The Morgan fingerprint density at radius 1 is 1.21 bits per heavy atom. The first-order chi connectivity index (χ1) is 6.84. The van der Waals surface area contributed by atoms with Gasteiger partial charge in [-0.15, -0.1) is 10.2 Å². The van der Waals surface area contributed by atoms with Crippen LogP contribution in [0.4, 0.5) is 5.13 Å². The Balaban J connectivity index is 1.95. The SMILES string of the molecule is Cc1nnc(NCc2ccccc2)s1. The van der Waals surface area contributed by atoms with E-state index in [0.717, 1.165) is 16.7 Å². The lowest BCUT2D eigenvalue weighted by Gasteiger charge is -2.00. The van der Waals surface area contributed by atoms with Gasteiger partial charge in [-0.1, -0.05) is 41.7 Å². The fourth-order valence-electron chi connectivity index (χ4n) is 1.14. The lowest BCUT2D eigenvalue weighted by atomic mass is 10.2. The summed E-state index contributed by atoms with van der Waals surface area (Å²) in [5.74, 6) is 0. The van der Waals surface area contributed by atoms with Gasteiger partial charge in [0.1, 0.15) is 5.01 Å². The molecule has 0 radical (unpaired) electrons. The number of benzene rings is 1. The first-order valence-electron chi connectivity index (χ1n) is 4.42. The van der Waals surface area contributed by atoms with Crippen LogP contribution in [0.1, 0.15) is 10.6 Å². The maximum Gasteiger partial charge on any atom is 0.205 e. The number of anilines is 1. The molecule has 0 atom stereocenters. The normalized spacial score (nSPS) is 10.1. The smallest absolute Gasteiger partial charge is 0.205 e. The number of hydrogen-bond donors (Lipinski definition) is 1. The molecule has 2 rings (SSSR count). The van der Waals surface area contributed by atoms with Gasteiger partial charge in [0.25, 0.3) is 0 Å². The number of nitrogens with zero attached hydrogens (tertiary/aromatic N) is 2. The summed E-state index contributed by atoms with van der Waals surface area (Å²) in [6, 6.07) is 10.2. The second kappa shape index (κ2) is 4.19. The van der Waals surface area contributed by atoms with Crippen LogP contribution in [-0.2, 0) is 6.54 Å². The fourth-order valence-corrected chi connectivity index (χ4v) is 1.73. The maximum atomic E-state index is 3.99. The van der Waals surface area contributed by atoms with Crippen molar-refractivity contribution in [3.63, 3.8) is 0 Å². The second-order valence-electron chi connectivity index (χ2n) is 2.97. The number of nitrogens with one attached hydrogen (secondary N) is 1. The molecule has 2 aromatic rings. The lowest BCUT2D eigenvalue weighted by molar-refractivity contribution is 1.02. The van der Waals surface area contributed by atoms with Crippen LogP contribution in [0.5, 0.6) is 0 Å². The molecule has 0 spiro atoms. The number of hydrogen-bond acceptors (Lipinski definition) is 4. The van der Waals surface area contributed by atoms with Gasteiger partial charge in [-0.3, -0.25) is 0 Å². The molecule has 0 aliphatic rings. The monoisotopic (exact) mass is 205 g/mol. The zero-order valence-corrected chi connectivity index (χ0v) is 8.71. The number of aryl methyl sites for hydroxylation is 1. The van der Waals surface area contributed by atoms with Crippen molar-refractivity contribution in [3.05, 3.63) is 40.9 Å². The van der Waals surface area contributed by atoms with E-state index in [2.05, 4.69) is 27.6 Å². The van der Waals surface area contributed by atoms with Crippen molar-refractivity contribution < 1.29 is 0 Å². The van der Waals surface area contributed by atoms with E-state index >= 15 is 0 Å². The summed E-state index contributed by atoms with van der Waals surface area (Å²) in [6.07, 6.45) is 0. The maximum absolute atomic E-state index is 3.99. The molecule has 0 aliphatic heterocycles. The Labute approximate surface area is 86.8 Å². The first-order valence-corrected chi connectivity index (χ1v) is 5.24. The van der Waals surface area contributed by atoms with Crippen LogP contribution in [0, 0.1) is 6.92 Å².